The molecule has 0 saturated carbocycles. The SMILES string of the molecule is Cc1cccc(C)c1B1N(C)c2ccnc3c2N1c1cccc2c4ccccc4n-3c12. The van der Waals surface area contributed by atoms with Gasteiger partial charge in [-0.05, 0) is 44.6 Å². The van der Waals surface area contributed by atoms with Gasteiger partial charge in [-0.25, -0.2) is 4.98 Å². The molecule has 0 radical (unpaired) electrons. The van der Waals surface area contributed by atoms with Gasteiger partial charge in [0.2, 0.25) is 0 Å². The summed E-state index contributed by atoms with van der Waals surface area (Å²) in [6.45, 7) is 4.54. The molecule has 0 unspecified atom stereocenters. The zero-order valence-electron chi connectivity index (χ0n) is 17.8. The summed E-state index contributed by atoms with van der Waals surface area (Å²) in [6, 6.07) is 24.1. The van der Waals surface area contributed by atoms with Gasteiger partial charge < -0.3 is 9.62 Å². The largest absolute Gasteiger partial charge is 0.416 e. The molecule has 148 valence electrons. The van der Waals surface area contributed by atoms with Crippen molar-refractivity contribution < 1.29 is 0 Å². The Labute approximate surface area is 181 Å². The van der Waals surface area contributed by atoms with Crippen LogP contribution in [0.25, 0.3) is 27.6 Å². The highest BCUT2D eigenvalue weighted by molar-refractivity contribution is 6.84. The first-order valence-electron chi connectivity index (χ1n) is 10.8. The monoisotopic (exact) mass is 400 g/mol. The van der Waals surface area contributed by atoms with E-state index in [-0.39, 0.29) is 6.98 Å². The lowest BCUT2D eigenvalue weighted by atomic mass is 9.61. The number of aryl methyl sites for hydroxylation is 2. The molecule has 31 heavy (non-hydrogen) atoms. The normalized spacial score (nSPS) is 14.1. The van der Waals surface area contributed by atoms with Crippen LogP contribution in [0, 0.1) is 13.8 Å². The minimum absolute atomic E-state index is 0.0940. The zero-order chi connectivity index (χ0) is 20.9. The molecule has 0 amide bonds. The van der Waals surface area contributed by atoms with E-state index in [1.165, 1.54) is 55.5 Å². The lowest BCUT2D eigenvalue weighted by Crippen LogP contribution is -2.55. The highest BCUT2D eigenvalue weighted by atomic mass is 15.3. The van der Waals surface area contributed by atoms with E-state index in [0.717, 1.165) is 5.82 Å². The predicted molar refractivity (Wildman–Crippen MR) is 130 cm³/mol. The fourth-order valence-electron chi connectivity index (χ4n) is 5.76. The van der Waals surface area contributed by atoms with Crippen molar-refractivity contribution in [3.63, 3.8) is 0 Å². The van der Waals surface area contributed by atoms with Gasteiger partial charge in [-0.15, -0.1) is 0 Å². The maximum Gasteiger partial charge on any atom is 0.416 e. The zero-order valence-corrected chi connectivity index (χ0v) is 17.8. The molecule has 5 heteroatoms. The van der Waals surface area contributed by atoms with Gasteiger partial charge in [0.05, 0.1) is 28.1 Å². The summed E-state index contributed by atoms with van der Waals surface area (Å²) in [5.41, 5.74) is 10.1. The van der Waals surface area contributed by atoms with Gasteiger partial charge in [0.25, 0.3) is 0 Å². The molecule has 0 N–H and O–H groups in total. The van der Waals surface area contributed by atoms with E-state index in [2.05, 4.69) is 102 Å². The van der Waals surface area contributed by atoms with Crippen LogP contribution in [0.5, 0.6) is 0 Å². The molecule has 3 aromatic carbocycles. The van der Waals surface area contributed by atoms with Gasteiger partial charge in [-0.1, -0.05) is 59.7 Å². The number of fused-ring (bicyclic) bond motifs is 5. The Morgan fingerprint density at radius 3 is 2.35 bits per heavy atom. The molecule has 4 nitrogen and oxygen atoms in total. The van der Waals surface area contributed by atoms with Crippen molar-refractivity contribution in [3.8, 4) is 5.82 Å². The van der Waals surface area contributed by atoms with E-state index in [0.29, 0.717) is 0 Å². The molecule has 0 saturated heterocycles. The molecule has 0 fully saturated rings. The maximum absolute atomic E-state index is 4.92. The van der Waals surface area contributed by atoms with Crippen molar-refractivity contribution in [1.29, 1.82) is 0 Å². The van der Waals surface area contributed by atoms with Crippen molar-refractivity contribution in [3.05, 3.63) is 84.1 Å². The van der Waals surface area contributed by atoms with E-state index in [1.54, 1.807) is 0 Å². The van der Waals surface area contributed by atoms with Gasteiger partial charge in [0.15, 0.2) is 5.82 Å². The number of aromatic nitrogens is 2. The molecule has 2 aromatic heterocycles. The van der Waals surface area contributed by atoms with Crippen molar-refractivity contribution in [2.24, 2.45) is 0 Å². The number of benzene rings is 3. The molecule has 0 spiro atoms. The third kappa shape index (κ3) is 1.94. The third-order valence-electron chi connectivity index (χ3n) is 7.06. The summed E-state index contributed by atoms with van der Waals surface area (Å²) in [7, 11) is 2.21. The standard InChI is InChI=1S/C26H21BN4/c1-16-8-6-9-17(2)23(16)27-29(3)21-14-15-28-26-25(21)31(27)22-13-7-11-19-18-10-4-5-12-20(18)30(26)24(19)22/h4-15H,1-3H3. The van der Waals surface area contributed by atoms with Crippen molar-refractivity contribution >= 4 is 51.3 Å². The molecule has 0 aliphatic carbocycles. The number of hydrogen-bond acceptors (Lipinski definition) is 3. The van der Waals surface area contributed by atoms with Gasteiger partial charge in [-0.3, -0.25) is 4.57 Å². The second-order valence-electron chi connectivity index (χ2n) is 8.69. The molecular formula is C26H21BN4. The Balaban J connectivity index is 1.66. The van der Waals surface area contributed by atoms with Crippen LogP contribution < -0.4 is 15.1 Å². The lowest BCUT2D eigenvalue weighted by Gasteiger charge is -2.33. The Hall–Kier alpha value is -3.73. The summed E-state index contributed by atoms with van der Waals surface area (Å²) in [5, 5.41) is 2.55. The Kier molecular flexibility index (Phi) is 3.13. The molecule has 5 aromatic rings. The number of rotatable bonds is 1. The van der Waals surface area contributed by atoms with Crippen LogP contribution in [0.3, 0.4) is 0 Å². The van der Waals surface area contributed by atoms with Gasteiger partial charge in [0.1, 0.15) is 0 Å². The number of para-hydroxylation sites is 2. The minimum atomic E-state index is 0.0940. The van der Waals surface area contributed by atoms with Crippen LogP contribution in [0.1, 0.15) is 11.1 Å². The molecule has 7 rings (SSSR count). The first-order chi connectivity index (χ1) is 15.2. The molecule has 2 aliphatic rings. The maximum atomic E-state index is 4.92. The summed E-state index contributed by atoms with van der Waals surface area (Å²) in [4.78, 5) is 9.83. The predicted octanol–water partition coefficient (Wildman–Crippen LogP) is 5.09. The number of pyridine rings is 1. The highest BCUT2D eigenvalue weighted by Crippen LogP contribution is 2.52. The smallest absolute Gasteiger partial charge is 0.393 e. The molecule has 0 atom stereocenters. The van der Waals surface area contributed by atoms with Crippen LogP contribution in [0.4, 0.5) is 17.1 Å². The van der Waals surface area contributed by atoms with Crippen molar-refractivity contribution in [2.75, 3.05) is 16.7 Å². The summed E-state index contributed by atoms with van der Waals surface area (Å²) < 4.78 is 2.36. The Morgan fingerprint density at radius 1 is 0.774 bits per heavy atom. The van der Waals surface area contributed by atoms with Gasteiger partial charge in [0, 0.05) is 17.0 Å². The number of anilines is 3. The van der Waals surface area contributed by atoms with E-state index >= 15 is 0 Å². The van der Waals surface area contributed by atoms with Gasteiger partial charge in [-0.2, -0.15) is 0 Å². The minimum Gasteiger partial charge on any atom is -0.393 e. The fraction of sp³-hybridized carbons (Fsp3) is 0.115. The average molecular weight is 400 g/mol. The van der Waals surface area contributed by atoms with E-state index in [1.807, 2.05) is 6.20 Å². The van der Waals surface area contributed by atoms with Crippen LogP contribution in [0.15, 0.2) is 72.9 Å². The highest BCUT2D eigenvalue weighted by Gasteiger charge is 2.47. The fourth-order valence-corrected chi connectivity index (χ4v) is 5.76. The van der Waals surface area contributed by atoms with Crippen LogP contribution in [0.2, 0.25) is 0 Å². The van der Waals surface area contributed by atoms with E-state index in [9.17, 15) is 0 Å². The summed E-state index contributed by atoms with van der Waals surface area (Å²) >= 11 is 0. The second kappa shape index (κ2) is 5.70. The Morgan fingerprint density at radius 2 is 1.52 bits per heavy atom. The summed E-state index contributed by atoms with van der Waals surface area (Å²) in [5.74, 6) is 1.02. The molecular weight excluding hydrogens is 379 g/mol. The Bertz CT molecular complexity index is 1530. The molecule has 2 aliphatic heterocycles. The van der Waals surface area contributed by atoms with Crippen molar-refractivity contribution in [2.45, 2.75) is 13.8 Å². The number of nitrogens with zero attached hydrogens (tertiary/aromatic N) is 4. The van der Waals surface area contributed by atoms with E-state index in [4.69, 9.17) is 4.98 Å². The van der Waals surface area contributed by atoms with Crippen molar-refractivity contribution in [1.82, 2.24) is 9.55 Å². The van der Waals surface area contributed by atoms with Crippen LogP contribution in [-0.4, -0.2) is 23.6 Å². The second-order valence-corrected chi connectivity index (χ2v) is 8.69. The average Bonchev–Trinajstić information content (AvgIpc) is 3.27. The first-order valence-corrected chi connectivity index (χ1v) is 10.8. The van der Waals surface area contributed by atoms with Crippen LogP contribution in [-0.2, 0) is 0 Å². The number of hydrogen-bond donors (Lipinski definition) is 0. The first kappa shape index (κ1) is 17.0. The topological polar surface area (TPSA) is 24.3 Å². The van der Waals surface area contributed by atoms with Crippen LogP contribution >= 0.6 is 0 Å². The third-order valence-corrected chi connectivity index (χ3v) is 7.06. The molecule has 0 bridgehead atoms. The molecule has 4 heterocycles. The lowest BCUT2D eigenvalue weighted by molar-refractivity contribution is 1.06. The summed E-state index contributed by atoms with van der Waals surface area (Å²) in [6.07, 6.45) is 1.95. The quantitative estimate of drug-likeness (QED) is 0.366. The van der Waals surface area contributed by atoms with Gasteiger partial charge >= 0.3 is 6.98 Å². The van der Waals surface area contributed by atoms with E-state index < -0.39 is 0 Å².